The molecule has 2 aliphatic rings. The molecule has 0 aromatic heterocycles. The van der Waals surface area contributed by atoms with Crippen molar-refractivity contribution in [1.29, 1.82) is 0 Å². The van der Waals surface area contributed by atoms with Crippen molar-refractivity contribution in [1.82, 2.24) is 0 Å². The van der Waals surface area contributed by atoms with Crippen molar-refractivity contribution >= 4 is 11.6 Å². The minimum absolute atomic E-state index is 0.102. The number of ether oxygens (including phenoxy) is 2. The van der Waals surface area contributed by atoms with E-state index in [2.05, 4.69) is 9.47 Å². The zero-order chi connectivity index (χ0) is 18.1. The Hall–Kier alpha value is -0.280. The van der Waals surface area contributed by atoms with Crippen LogP contribution < -0.4 is 0 Å². The molecule has 24 heavy (non-hydrogen) atoms. The minimum Gasteiger partial charge on any atom is -0.317 e. The van der Waals surface area contributed by atoms with Crippen LogP contribution in [0.25, 0.3) is 0 Å². The van der Waals surface area contributed by atoms with E-state index < -0.39 is 61.2 Å². The zero-order valence-corrected chi connectivity index (χ0v) is 13.3. The predicted octanol–water partition coefficient (Wildman–Crippen LogP) is 5.14. The molecule has 0 radical (unpaired) electrons. The molecule has 0 saturated heterocycles. The van der Waals surface area contributed by atoms with Crippen LogP contribution in [-0.2, 0) is 9.47 Å². The number of alkyl halides is 8. The van der Waals surface area contributed by atoms with Crippen LogP contribution in [0.1, 0.15) is 38.5 Å². The third kappa shape index (κ3) is 5.36. The van der Waals surface area contributed by atoms with Gasteiger partial charge in [0.1, 0.15) is 18.3 Å². The summed E-state index contributed by atoms with van der Waals surface area (Å²) < 4.78 is 101. The van der Waals surface area contributed by atoms with E-state index in [0.29, 0.717) is 0 Å². The zero-order valence-electron chi connectivity index (χ0n) is 12.5. The summed E-state index contributed by atoms with van der Waals surface area (Å²) in [5.74, 6) is -2.25. The fourth-order valence-corrected chi connectivity index (χ4v) is 3.62. The van der Waals surface area contributed by atoms with Gasteiger partial charge in [-0.1, -0.05) is 0 Å². The van der Waals surface area contributed by atoms with Crippen LogP contribution in [0, 0.1) is 5.92 Å². The van der Waals surface area contributed by atoms with E-state index in [1.807, 2.05) is 0 Å². The third-order valence-corrected chi connectivity index (χ3v) is 4.73. The molecule has 0 heterocycles. The molecule has 0 amide bonds. The van der Waals surface area contributed by atoms with Gasteiger partial charge in [-0.05, 0) is 38.5 Å². The highest BCUT2D eigenvalue weighted by atomic mass is 35.5. The van der Waals surface area contributed by atoms with E-state index in [0.717, 1.165) is 0 Å². The van der Waals surface area contributed by atoms with E-state index in [9.17, 15) is 30.7 Å². The lowest BCUT2D eigenvalue weighted by molar-refractivity contribution is -0.352. The maximum absolute atomic E-state index is 14.1. The monoisotopic (exact) mass is 386 g/mol. The first-order valence-corrected chi connectivity index (χ1v) is 8.14. The molecule has 2 aliphatic carbocycles. The summed E-state index contributed by atoms with van der Waals surface area (Å²) in [4.78, 5) is 0. The molecule has 0 aliphatic heterocycles. The maximum atomic E-state index is 14.1. The number of halogens is 8. The quantitative estimate of drug-likeness (QED) is 0.492. The van der Waals surface area contributed by atoms with Crippen LogP contribution in [0.2, 0.25) is 0 Å². The Kier molecular flexibility index (Phi) is 6.29. The van der Waals surface area contributed by atoms with Gasteiger partial charge in [0.2, 0.25) is 0 Å². The largest absolute Gasteiger partial charge is 0.522 e. The third-order valence-electron chi connectivity index (χ3n) is 4.37. The lowest BCUT2D eigenvalue weighted by Crippen LogP contribution is -2.50. The molecule has 2 rings (SSSR count). The number of hydrogen-bond donors (Lipinski definition) is 0. The summed E-state index contributed by atoms with van der Waals surface area (Å²) in [6.07, 6.45) is -16.5. The molecule has 0 aromatic carbocycles. The van der Waals surface area contributed by atoms with E-state index in [1.54, 1.807) is 0 Å². The fraction of sp³-hybridized carbons (Fsp3) is 1.00. The second-order valence-electron chi connectivity index (χ2n) is 6.27. The topological polar surface area (TPSA) is 18.5 Å². The van der Waals surface area contributed by atoms with Crippen LogP contribution in [0.3, 0.4) is 0 Å². The van der Waals surface area contributed by atoms with E-state index in [1.165, 1.54) is 0 Å². The Morgan fingerprint density at radius 1 is 0.750 bits per heavy atom. The minimum atomic E-state index is -4.79. The smallest absolute Gasteiger partial charge is 0.317 e. The van der Waals surface area contributed by atoms with Gasteiger partial charge >= 0.3 is 12.5 Å². The molecule has 142 valence electrons. The van der Waals surface area contributed by atoms with Crippen molar-refractivity contribution in [3.05, 3.63) is 0 Å². The second kappa shape index (κ2) is 7.53. The summed E-state index contributed by atoms with van der Waals surface area (Å²) in [5, 5.41) is -0.850. The molecular formula is C14H18ClF7O2. The number of hydrogen-bond acceptors (Lipinski definition) is 2. The van der Waals surface area contributed by atoms with E-state index in [-0.39, 0.29) is 25.7 Å². The standard InChI is InChI=1S/C14H18ClF7O2/c15-7-5-10(16)12(11(17)6-7)13(18,19)23-8-1-3-9(4-2-8)24-14(20,21)22/h7-12H,1-6H2. The highest BCUT2D eigenvalue weighted by molar-refractivity contribution is 6.20. The lowest BCUT2D eigenvalue weighted by Gasteiger charge is -2.39. The summed E-state index contributed by atoms with van der Waals surface area (Å²) in [5.41, 5.74) is 0. The fourth-order valence-electron chi connectivity index (χ4n) is 3.28. The van der Waals surface area contributed by atoms with Gasteiger partial charge in [-0.3, -0.25) is 4.74 Å². The van der Waals surface area contributed by atoms with Gasteiger partial charge in [0.25, 0.3) is 0 Å². The van der Waals surface area contributed by atoms with Crippen molar-refractivity contribution in [3.63, 3.8) is 0 Å². The molecule has 0 spiro atoms. The first-order valence-electron chi connectivity index (χ1n) is 7.70. The highest BCUT2D eigenvalue weighted by Crippen LogP contribution is 2.44. The van der Waals surface area contributed by atoms with Crippen LogP contribution in [0.4, 0.5) is 30.7 Å². The molecule has 2 unspecified atom stereocenters. The van der Waals surface area contributed by atoms with Gasteiger partial charge in [0.15, 0.2) is 0 Å². The summed E-state index contributed by atoms with van der Waals surface area (Å²) in [7, 11) is 0. The van der Waals surface area contributed by atoms with Crippen molar-refractivity contribution in [2.24, 2.45) is 5.92 Å². The van der Waals surface area contributed by atoms with E-state index in [4.69, 9.17) is 11.6 Å². The van der Waals surface area contributed by atoms with Gasteiger partial charge in [-0.25, -0.2) is 8.78 Å². The van der Waals surface area contributed by atoms with Crippen molar-refractivity contribution in [3.8, 4) is 0 Å². The normalized spacial score (nSPS) is 39.0. The first-order chi connectivity index (χ1) is 11.0. The molecule has 0 N–H and O–H groups in total. The summed E-state index contributed by atoms with van der Waals surface area (Å²) in [6.45, 7) is 0. The summed E-state index contributed by atoms with van der Waals surface area (Å²) >= 11 is 5.61. The van der Waals surface area contributed by atoms with Gasteiger partial charge in [0, 0.05) is 5.38 Å². The van der Waals surface area contributed by atoms with E-state index >= 15 is 0 Å². The Morgan fingerprint density at radius 2 is 1.17 bits per heavy atom. The van der Waals surface area contributed by atoms with Crippen LogP contribution in [0.5, 0.6) is 0 Å². The Labute approximate surface area is 139 Å². The van der Waals surface area contributed by atoms with Crippen LogP contribution in [-0.4, -0.2) is 42.4 Å². The molecule has 2 nitrogen and oxygen atoms in total. The van der Waals surface area contributed by atoms with Gasteiger partial charge in [-0.2, -0.15) is 8.78 Å². The molecule has 2 fully saturated rings. The lowest BCUT2D eigenvalue weighted by atomic mass is 9.84. The average molecular weight is 387 g/mol. The summed E-state index contributed by atoms with van der Waals surface area (Å²) in [6, 6.07) is 0. The Morgan fingerprint density at radius 3 is 1.58 bits per heavy atom. The molecular weight excluding hydrogens is 369 g/mol. The molecule has 2 saturated carbocycles. The van der Waals surface area contributed by atoms with Gasteiger partial charge < -0.3 is 4.74 Å². The SMILES string of the molecule is FC1CC(Cl)CC(F)C1C(F)(F)OC1CCC(OC(F)(F)F)CC1. The maximum Gasteiger partial charge on any atom is 0.522 e. The first kappa shape index (κ1) is 20.0. The van der Waals surface area contributed by atoms with Crippen LogP contribution in [0.15, 0.2) is 0 Å². The average Bonchev–Trinajstić information content (AvgIpc) is 2.37. The molecule has 0 bridgehead atoms. The molecule has 2 atom stereocenters. The Bertz CT molecular complexity index is 400. The van der Waals surface area contributed by atoms with Crippen LogP contribution >= 0.6 is 11.6 Å². The van der Waals surface area contributed by atoms with Gasteiger partial charge in [0.05, 0.1) is 12.2 Å². The second-order valence-corrected chi connectivity index (χ2v) is 6.89. The molecule has 0 aromatic rings. The van der Waals surface area contributed by atoms with Crippen molar-refractivity contribution in [2.45, 2.75) is 80.9 Å². The number of rotatable bonds is 4. The van der Waals surface area contributed by atoms with Crippen molar-refractivity contribution < 1.29 is 40.2 Å². The molecule has 10 heteroatoms. The van der Waals surface area contributed by atoms with Crippen molar-refractivity contribution in [2.75, 3.05) is 0 Å². The Balaban J connectivity index is 1.89. The highest BCUT2D eigenvalue weighted by Gasteiger charge is 2.55. The van der Waals surface area contributed by atoms with Gasteiger partial charge in [-0.15, -0.1) is 24.8 Å². The predicted molar refractivity (Wildman–Crippen MR) is 71.4 cm³/mol.